The third kappa shape index (κ3) is 2.08. The van der Waals surface area contributed by atoms with Gasteiger partial charge in [-0.25, -0.2) is 4.39 Å². The van der Waals surface area contributed by atoms with Crippen LogP contribution in [0.25, 0.3) is 0 Å². The zero-order valence-corrected chi connectivity index (χ0v) is 9.71. The molecule has 92 valence electrons. The molecular formula is C13H17FN2O. The first-order chi connectivity index (χ1) is 8.29. The molecule has 4 heteroatoms. The van der Waals surface area contributed by atoms with Gasteiger partial charge in [-0.15, -0.1) is 0 Å². The van der Waals surface area contributed by atoms with Crippen molar-refractivity contribution in [3.8, 4) is 0 Å². The highest BCUT2D eigenvalue weighted by atomic mass is 19.1. The fourth-order valence-electron chi connectivity index (χ4n) is 2.71. The van der Waals surface area contributed by atoms with Crippen molar-refractivity contribution in [1.29, 1.82) is 0 Å². The topological polar surface area (TPSA) is 33.3 Å². The molecule has 17 heavy (non-hydrogen) atoms. The lowest BCUT2D eigenvalue weighted by Crippen LogP contribution is -2.54. The fourth-order valence-corrected chi connectivity index (χ4v) is 2.71. The molecule has 0 radical (unpaired) electrons. The molecular weight excluding hydrogens is 219 g/mol. The Hall–Kier alpha value is -0.970. The van der Waals surface area contributed by atoms with Crippen molar-refractivity contribution in [3.63, 3.8) is 0 Å². The SMILES string of the molecule is Fc1ccccc1C1CCOC2(CCNC2)N1. The van der Waals surface area contributed by atoms with E-state index in [9.17, 15) is 4.39 Å². The van der Waals surface area contributed by atoms with Gasteiger partial charge in [0.2, 0.25) is 0 Å². The van der Waals surface area contributed by atoms with E-state index < -0.39 is 0 Å². The first kappa shape index (κ1) is 11.1. The minimum Gasteiger partial charge on any atom is -0.359 e. The van der Waals surface area contributed by atoms with Crippen molar-refractivity contribution in [2.75, 3.05) is 19.7 Å². The van der Waals surface area contributed by atoms with Crippen LogP contribution in [0.1, 0.15) is 24.4 Å². The summed E-state index contributed by atoms with van der Waals surface area (Å²) < 4.78 is 19.6. The quantitative estimate of drug-likeness (QED) is 0.776. The fraction of sp³-hybridized carbons (Fsp3) is 0.538. The van der Waals surface area contributed by atoms with E-state index >= 15 is 0 Å². The van der Waals surface area contributed by atoms with Crippen molar-refractivity contribution in [2.24, 2.45) is 0 Å². The second-order valence-electron chi connectivity index (χ2n) is 4.78. The van der Waals surface area contributed by atoms with Crippen LogP contribution in [0.2, 0.25) is 0 Å². The third-order valence-electron chi connectivity index (χ3n) is 3.62. The lowest BCUT2D eigenvalue weighted by molar-refractivity contribution is -0.0972. The zero-order valence-electron chi connectivity index (χ0n) is 9.71. The highest BCUT2D eigenvalue weighted by Crippen LogP contribution is 2.30. The van der Waals surface area contributed by atoms with Gasteiger partial charge in [0.25, 0.3) is 0 Å². The van der Waals surface area contributed by atoms with Crippen molar-refractivity contribution >= 4 is 0 Å². The van der Waals surface area contributed by atoms with Gasteiger partial charge in [-0.2, -0.15) is 0 Å². The maximum absolute atomic E-state index is 13.8. The number of hydrogen-bond acceptors (Lipinski definition) is 3. The number of hydrogen-bond donors (Lipinski definition) is 2. The van der Waals surface area contributed by atoms with Gasteiger partial charge in [0.15, 0.2) is 0 Å². The number of halogens is 1. The van der Waals surface area contributed by atoms with Crippen molar-refractivity contribution in [2.45, 2.75) is 24.6 Å². The van der Waals surface area contributed by atoms with E-state index in [0.717, 1.165) is 31.5 Å². The molecule has 0 aliphatic carbocycles. The average molecular weight is 236 g/mol. The monoisotopic (exact) mass is 236 g/mol. The molecule has 3 rings (SSSR count). The van der Waals surface area contributed by atoms with Crippen LogP contribution in [0.3, 0.4) is 0 Å². The molecule has 2 heterocycles. The Morgan fingerprint density at radius 2 is 2.24 bits per heavy atom. The summed E-state index contributed by atoms with van der Waals surface area (Å²) in [5, 5.41) is 6.75. The predicted octanol–water partition coefficient (Wildman–Crippen LogP) is 1.57. The highest BCUT2D eigenvalue weighted by Gasteiger charge is 2.40. The Morgan fingerprint density at radius 3 is 3.00 bits per heavy atom. The van der Waals surface area contributed by atoms with E-state index in [1.165, 1.54) is 6.07 Å². The second-order valence-corrected chi connectivity index (χ2v) is 4.78. The van der Waals surface area contributed by atoms with Crippen LogP contribution in [0.15, 0.2) is 24.3 Å². The first-order valence-corrected chi connectivity index (χ1v) is 6.16. The van der Waals surface area contributed by atoms with Gasteiger partial charge in [0.05, 0.1) is 6.61 Å². The predicted molar refractivity (Wildman–Crippen MR) is 63.1 cm³/mol. The molecule has 0 amide bonds. The summed E-state index contributed by atoms with van der Waals surface area (Å²) in [6.07, 6.45) is 1.76. The van der Waals surface area contributed by atoms with Crippen LogP contribution in [0.4, 0.5) is 4.39 Å². The van der Waals surface area contributed by atoms with E-state index in [2.05, 4.69) is 10.6 Å². The van der Waals surface area contributed by atoms with E-state index in [1.807, 2.05) is 12.1 Å². The summed E-state index contributed by atoms with van der Waals surface area (Å²) >= 11 is 0. The van der Waals surface area contributed by atoms with Gasteiger partial charge in [0, 0.05) is 24.6 Å². The van der Waals surface area contributed by atoms with Crippen LogP contribution in [-0.2, 0) is 4.74 Å². The van der Waals surface area contributed by atoms with Gasteiger partial charge >= 0.3 is 0 Å². The van der Waals surface area contributed by atoms with Gasteiger partial charge < -0.3 is 10.1 Å². The van der Waals surface area contributed by atoms with Gasteiger partial charge in [-0.3, -0.25) is 5.32 Å². The van der Waals surface area contributed by atoms with Crippen LogP contribution in [0.5, 0.6) is 0 Å². The van der Waals surface area contributed by atoms with Crippen molar-refractivity contribution in [1.82, 2.24) is 10.6 Å². The average Bonchev–Trinajstić information content (AvgIpc) is 2.78. The Labute approximate surface area is 100 Å². The lowest BCUT2D eigenvalue weighted by atomic mass is 9.99. The normalized spacial score (nSPS) is 33.1. The Kier molecular flexibility index (Phi) is 2.86. The molecule has 2 atom stereocenters. The second kappa shape index (κ2) is 4.37. The Morgan fingerprint density at radius 1 is 1.35 bits per heavy atom. The summed E-state index contributed by atoms with van der Waals surface area (Å²) in [4.78, 5) is 0. The largest absolute Gasteiger partial charge is 0.359 e. The van der Waals surface area contributed by atoms with Gasteiger partial charge in [0.1, 0.15) is 11.5 Å². The molecule has 2 fully saturated rings. The molecule has 2 aliphatic rings. The molecule has 0 saturated carbocycles. The smallest absolute Gasteiger partial charge is 0.133 e. The third-order valence-corrected chi connectivity index (χ3v) is 3.62. The van der Waals surface area contributed by atoms with Crippen LogP contribution in [-0.4, -0.2) is 25.4 Å². The van der Waals surface area contributed by atoms with E-state index in [0.29, 0.717) is 6.61 Å². The van der Waals surface area contributed by atoms with E-state index in [4.69, 9.17) is 4.74 Å². The number of nitrogens with one attached hydrogen (secondary N) is 2. The molecule has 1 aromatic carbocycles. The molecule has 3 nitrogen and oxygen atoms in total. The summed E-state index contributed by atoms with van der Waals surface area (Å²) in [5.41, 5.74) is 0.465. The van der Waals surface area contributed by atoms with E-state index in [1.54, 1.807) is 6.07 Å². The Balaban J connectivity index is 1.82. The Bertz CT molecular complexity index is 404. The molecule has 2 aliphatic heterocycles. The molecule has 0 bridgehead atoms. The van der Waals surface area contributed by atoms with Crippen molar-refractivity contribution in [3.05, 3.63) is 35.6 Å². The molecule has 2 saturated heterocycles. The number of rotatable bonds is 1. The first-order valence-electron chi connectivity index (χ1n) is 6.16. The summed E-state index contributed by atoms with van der Waals surface area (Å²) in [6, 6.07) is 7.05. The molecule has 2 unspecified atom stereocenters. The number of benzene rings is 1. The summed E-state index contributed by atoms with van der Waals surface area (Å²) in [7, 11) is 0. The van der Waals surface area contributed by atoms with Crippen LogP contribution in [0, 0.1) is 5.82 Å². The molecule has 0 aromatic heterocycles. The maximum Gasteiger partial charge on any atom is 0.133 e. The highest BCUT2D eigenvalue weighted by molar-refractivity contribution is 5.22. The maximum atomic E-state index is 13.8. The summed E-state index contributed by atoms with van der Waals surface area (Å²) in [6.45, 7) is 2.45. The molecule has 1 spiro atoms. The van der Waals surface area contributed by atoms with Crippen LogP contribution >= 0.6 is 0 Å². The van der Waals surface area contributed by atoms with Crippen LogP contribution < -0.4 is 10.6 Å². The standard InChI is InChI=1S/C13H17FN2O/c14-11-4-2-1-3-10(11)12-5-8-17-13(16-12)6-7-15-9-13/h1-4,12,15-16H,5-9H2. The lowest BCUT2D eigenvalue weighted by Gasteiger charge is -2.39. The molecule has 2 N–H and O–H groups in total. The molecule has 1 aromatic rings. The minimum absolute atomic E-state index is 0.0600. The summed E-state index contributed by atoms with van der Waals surface area (Å²) in [5.74, 6) is -0.131. The van der Waals surface area contributed by atoms with Crippen molar-refractivity contribution < 1.29 is 9.13 Å². The van der Waals surface area contributed by atoms with Gasteiger partial charge in [-0.1, -0.05) is 18.2 Å². The van der Waals surface area contributed by atoms with Gasteiger partial charge in [-0.05, 0) is 19.0 Å². The minimum atomic E-state index is -0.287. The zero-order chi connectivity index (χ0) is 11.7. The van der Waals surface area contributed by atoms with E-state index in [-0.39, 0.29) is 17.6 Å². The number of ether oxygens (including phenoxy) is 1.